The molecule has 0 N–H and O–H groups in total. The summed E-state index contributed by atoms with van der Waals surface area (Å²) in [6.07, 6.45) is 0.746. The predicted octanol–water partition coefficient (Wildman–Crippen LogP) is 1.82. The quantitative estimate of drug-likeness (QED) is 0.675. The van der Waals surface area contributed by atoms with Crippen molar-refractivity contribution in [1.82, 2.24) is 9.21 Å². The Balaban J connectivity index is 1.47. The van der Waals surface area contributed by atoms with Crippen LogP contribution < -0.4 is 4.90 Å². The molecule has 0 radical (unpaired) electrons. The first-order valence-electron chi connectivity index (χ1n) is 10.1. The SMILES string of the molecule is C[C@H]1Cc2ccccc2N1C(=O)CN(C)S(=O)(=O)c1ccc(C(=O)N2CCOCC2)s1. The Morgan fingerprint density at radius 1 is 1.16 bits per heavy atom. The van der Waals surface area contributed by atoms with E-state index >= 15 is 0 Å². The van der Waals surface area contributed by atoms with Crippen molar-refractivity contribution in [3.8, 4) is 0 Å². The zero-order valence-corrected chi connectivity index (χ0v) is 19.1. The van der Waals surface area contributed by atoms with E-state index < -0.39 is 10.0 Å². The maximum Gasteiger partial charge on any atom is 0.264 e. The molecule has 8 nitrogen and oxygen atoms in total. The summed E-state index contributed by atoms with van der Waals surface area (Å²) in [7, 11) is -2.50. The van der Waals surface area contributed by atoms with Crippen LogP contribution >= 0.6 is 11.3 Å². The minimum Gasteiger partial charge on any atom is -0.378 e. The van der Waals surface area contributed by atoms with E-state index in [0.717, 1.165) is 33.3 Å². The van der Waals surface area contributed by atoms with Gasteiger partial charge in [0.25, 0.3) is 15.9 Å². The summed E-state index contributed by atoms with van der Waals surface area (Å²) in [5.74, 6) is -0.472. The fourth-order valence-electron chi connectivity index (χ4n) is 3.95. The number of sulfonamides is 1. The summed E-state index contributed by atoms with van der Waals surface area (Å²) in [5, 5.41) is 0. The topological polar surface area (TPSA) is 87.2 Å². The average molecular weight is 464 g/mol. The Bertz CT molecular complexity index is 1090. The molecule has 4 rings (SSSR count). The Kier molecular flexibility index (Phi) is 6.16. The Morgan fingerprint density at radius 3 is 2.61 bits per heavy atom. The molecule has 0 saturated carbocycles. The summed E-state index contributed by atoms with van der Waals surface area (Å²) in [5.41, 5.74) is 1.92. The second kappa shape index (κ2) is 8.70. The van der Waals surface area contributed by atoms with E-state index in [1.54, 1.807) is 9.80 Å². The third-order valence-electron chi connectivity index (χ3n) is 5.59. The number of rotatable bonds is 5. The summed E-state index contributed by atoms with van der Waals surface area (Å²) in [4.78, 5) is 29.3. The van der Waals surface area contributed by atoms with Gasteiger partial charge in [-0.1, -0.05) is 18.2 Å². The molecule has 1 saturated heterocycles. The molecule has 0 bridgehead atoms. The second-order valence-corrected chi connectivity index (χ2v) is 11.1. The van der Waals surface area contributed by atoms with Crippen molar-refractivity contribution in [2.45, 2.75) is 23.6 Å². The van der Waals surface area contributed by atoms with Gasteiger partial charge in [-0.3, -0.25) is 9.59 Å². The highest BCUT2D eigenvalue weighted by Gasteiger charge is 2.34. The molecule has 1 atom stereocenters. The number of likely N-dealkylation sites (N-methyl/N-ethyl adjacent to an activating group) is 1. The summed E-state index contributed by atoms with van der Waals surface area (Å²) < 4.78 is 32.4. The van der Waals surface area contributed by atoms with E-state index in [-0.39, 0.29) is 28.6 Å². The highest BCUT2D eigenvalue weighted by Crippen LogP contribution is 2.32. The van der Waals surface area contributed by atoms with Gasteiger partial charge in [-0.15, -0.1) is 11.3 Å². The van der Waals surface area contributed by atoms with Gasteiger partial charge < -0.3 is 14.5 Å². The van der Waals surface area contributed by atoms with Crippen LogP contribution in [0.4, 0.5) is 5.69 Å². The van der Waals surface area contributed by atoms with E-state index in [9.17, 15) is 18.0 Å². The monoisotopic (exact) mass is 463 g/mol. The van der Waals surface area contributed by atoms with Crippen LogP contribution in [0.25, 0.3) is 0 Å². The Labute approximate surface area is 186 Å². The molecule has 1 fully saturated rings. The van der Waals surface area contributed by atoms with Crippen molar-refractivity contribution in [3.63, 3.8) is 0 Å². The molecule has 166 valence electrons. The fraction of sp³-hybridized carbons (Fsp3) is 0.429. The minimum atomic E-state index is -3.89. The number of nitrogens with zero attached hydrogens (tertiary/aromatic N) is 3. The molecule has 10 heteroatoms. The number of morpholine rings is 1. The fourth-order valence-corrected chi connectivity index (χ4v) is 6.55. The summed E-state index contributed by atoms with van der Waals surface area (Å²) >= 11 is 0.932. The number of amides is 2. The molecule has 3 heterocycles. The van der Waals surface area contributed by atoms with E-state index in [0.29, 0.717) is 31.2 Å². The van der Waals surface area contributed by atoms with Crippen LogP contribution in [0.3, 0.4) is 0 Å². The van der Waals surface area contributed by atoms with Gasteiger partial charge in [0.15, 0.2) is 0 Å². The smallest absolute Gasteiger partial charge is 0.264 e. The van der Waals surface area contributed by atoms with Gasteiger partial charge >= 0.3 is 0 Å². The molecular weight excluding hydrogens is 438 g/mol. The Hall–Kier alpha value is -2.27. The number of benzene rings is 1. The number of hydrogen-bond donors (Lipinski definition) is 0. The number of carbonyl (C=O) groups excluding carboxylic acids is 2. The summed E-state index contributed by atoms with van der Waals surface area (Å²) in [6.45, 7) is 3.61. The minimum absolute atomic E-state index is 0.0273. The molecule has 1 aromatic heterocycles. The molecule has 2 aromatic rings. The van der Waals surface area contributed by atoms with Crippen LogP contribution in [0.1, 0.15) is 22.2 Å². The number of para-hydroxylation sites is 1. The maximum atomic E-state index is 13.0. The van der Waals surface area contributed by atoms with E-state index in [4.69, 9.17) is 4.74 Å². The molecule has 2 aliphatic heterocycles. The summed E-state index contributed by atoms with van der Waals surface area (Å²) in [6, 6.07) is 10.6. The van der Waals surface area contributed by atoms with Crippen molar-refractivity contribution < 1.29 is 22.7 Å². The first-order chi connectivity index (χ1) is 14.8. The third-order valence-corrected chi connectivity index (χ3v) is 8.93. The molecule has 0 aliphatic carbocycles. The zero-order valence-electron chi connectivity index (χ0n) is 17.5. The lowest BCUT2D eigenvalue weighted by molar-refractivity contribution is -0.118. The second-order valence-electron chi connectivity index (χ2n) is 7.73. The number of anilines is 1. The third kappa shape index (κ3) is 4.25. The standard InChI is InChI=1S/C21H25N3O5S2/c1-15-13-16-5-3-4-6-17(16)24(15)19(25)14-22(2)31(27,28)20-8-7-18(30-20)21(26)23-9-11-29-12-10-23/h3-8,15H,9-14H2,1-2H3/t15-/m0/s1. The van der Waals surface area contributed by atoms with Gasteiger partial charge in [-0.2, -0.15) is 4.31 Å². The molecule has 2 amide bonds. The number of carbonyl (C=O) groups is 2. The molecule has 31 heavy (non-hydrogen) atoms. The van der Waals surface area contributed by atoms with Crippen molar-refractivity contribution in [2.24, 2.45) is 0 Å². The van der Waals surface area contributed by atoms with E-state index in [2.05, 4.69) is 0 Å². The van der Waals surface area contributed by atoms with Crippen LogP contribution in [0.15, 0.2) is 40.6 Å². The van der Waals surface area contributed by atoms with E-state index in [1.807, 2.05) is 31.2 Å². The molecular formula is C21H25N3O5S2. The van der Waals surface area contributed by atoms with Gasteiger partial charge in [-0.05, 0) is 37.1 Å². The normalized spacial score (nSPS) is 19.0. The molecule has 0 unspecified atom stereocenters. The van der Waals surface area contributed by atoms with E-state index in [1.165, 1.54) is 19.2 Å². The van der Waals surface area contributed by atoms with Gasteiger partial charge in [0, 0.05) is 31.9 Å². The molecule has 1 aromatic carbocycles. The van der Waals surface area contributed by atoms with Crippen LogP contribution in [-0.4, -0.2) is 75.4 Å². The van der Waals surface area contributed by atoms with Crippen LogP contribution in [0.2, 0.25) is 0 Å². The first kappa shape index (κ1) is 21.9. The number of ether oxygens (including phenoxy) is 1. The van der Waals surface area contributed by atoms with Crippen molar-refractivity contribution in [1.29, 1.82) is 0 Å². The van der Waals surface area contributed by atoms with Gasteiger partial charge in [-0.25, -0.2) is 8.42 Å². The van der Waals surface area contributed by atoms with Gasteiger partial charge in [0.2, 0.25) is 5.91 Å². The Morgan fingerprint density at radius 2 is 1.87 bits per heavy atom. The number of fused-ring (bicyclic) bond motifs is 1. The zero-order chi connectivity index (χ0) is 22.2. The maximum absolute atomic E-state index is 13.0. The largest absolute Gasteiger partial charge is 0.378 e. The van der Waals surface area contributed by atoms with Crippen molar-refractivity contribution >= 4 is 38.9 Å². The molecule has 2 aliphatic rings. The number of thiophene rings is 1. The average Bonchev–Trinajstić information content (AvgIpc) is 3.38. The highest BCUT2D eigenvalue weighted by atomic mass is 32.2. The lowest BCUT2D eigenvalue weighted by Gasteiger charge is -2.26. The lowest BCUT2D eigenvalue weighted by Crippen LogP contribution is -2.43. The number of hydrogen-bond acceptors (Lipinski definition) is 6. The highest BCUT2D eigenvalue weighted by molar-refractivity contribution is 7.91. The van der Waals surface area contributed by atoms with Crippen molar-refractivity contribution in [3.05, 3.63) is 46.8 Å². The molecule has 0 spiro atoms. The first-order valence-corrected chi connectivity index (χ1v) is 12.4. The lowest BCUT2D eigenvalue weighted by atomic mass is 10.1. The van der Waals surface area contributed by atoms with Crippen LogP contribution in [-0.2, 0) is 26.0 Å². The van der Waals surface area contributed by atoms with Crippen LogP contribution in [0.5, 0.6) is 0 Å². The van der Waals surface area contributed by atoms with Gasteiger partial charge in [0.1, 0.15) is 4.21 Å². The van der Waals surface area contributed by atoms with Gasteiger partial charge in [0.05, 0.1) is 24.6 Å². The van der Waals surface area contributed by atoms with Crippen LogP contribution in [0, 0.1) is 0 Å². The van der Waals surface area contributed by atoms with Crippen molar-refractivity contribution in [2.75, 3.05) is 44.8 Å². The predicted molar refractivity (Wildman–Crippen MR) is 118 cm³/mol.